The third-order valence-corrected chi connectivity index (χ3v) is 6.21. The molecule has 2 saturated heterocycles. The van der Waals surface area contributed by atoms with E-state index in [2.05, 4.69) is 45.4 Å². The van der Waals surface area contributed by atoms with Crippen molar-refractivity contribution in [2.45, 2.75) is 37.7 Å². The summed E-state index contributed by atoms with van der Waals surface area (Å²) in [6.45, 7) is 3.01. The van der Waals surface area contributed by atoms with E-state index in [9.17, 15) is 9.90 Å². The molecule has 2 atom stereocenters. The van der Waals surface area contributed by atoms with Crippen molar-refractivity contribution < 1.29 is 9.90 Å². The van der Waals surface area contributed by atoms with Gasteiger partial charge in [0.15, 0.2) is 0 Å². The van der Waals surface area contributed by atoms with Gasteiger partial charge in [0.1, 0.15) is 0 Å². The first-order valence-corrected chi connectivity index (χ1v) is 10.3. The van der Waals surface area contributed by atoms with E-state index >= 15 is 0 Å². The van der Waals surface area contributed by atoms with Gasteiger partial charge in [-0.1, -0.05) is 30.3 Å². The molecular formula is C22H30N4O2. The number of rotatable bonds is 4. The zero-order valence-electron chi connectivity index (χ0n) is 16.6. The molecule has 2 aliphatic rings. The molecule has 0 saturated carbocycles. The molecule has 0 unspecified atom stereocenters. The van der Waals surface area contributed by atoms with Gasteiger partial charge in [0.05, 0.1) is 17.7 Å². The normalized spacial score (nSPS) is 24.4. The van der Waals surface area contributed by atoms with Crippen LogP contribution in [-0.4, -0.2) is 70.3 Å². The molecule has 4 rings (SSSR count). The molecule has 0 bridgehead atoms. The van der Waals surface area contributed by atoms with Crippen LogP contribution in [-0.2, 0) is 11.2 Å². The lowest BCUT2D eigenvalue weighted by molar-refractivity contribution is -0.143. The maximum Gasteiger partial charge on any atom is 0.229 e. The van der Waals surface area contributed by atoms with E-state index < -0.39 is 6.10 Å². The highest BCUT2D eigenvalue weighted by Gasteiger charge is 2.36. The molecule has 0 aliphatic carbocycles. The maximum atomic E-state index is 12.9. The summed E-state index contributed by atoms with van der Waals surface area (Å²) >= 11 is 0. The largest absolute Gasteiger partial charge is 0.392 e. The van der Waals surface area contributed by atoms with Crippen molar-refractivity contribution in [1.29, 1.82) is 0 Å². The van der Waals surface area contributed by atoms with Crippen LogP contribution in [0.3, 0.4) is 0 Å². The lowest BCUT2D eigenvalue weighted by Gasteiger charge is -2.38. The lowest BCUT2D eigenvalue weighted by Crippen LogP contribution is -2.51. The van der Waals surface area contributed by atoms with Gasteiger partial charge in [0.25, 0.3) is 0 Å². The highest BCUT2D eigenvalue weighted by molar-refractivity contribution is 5.80. The second-order valence-corrected chi connectivity index (χ2v) is 8.30. The van der Waals surface area contributed by atoms with Crippen molar-refractivity contribution in [2.75, 3.05) is 33.2 Å². The average Bonchev–Trinajstić information content (AvgIpc) is 3.18. The summed E-state index contributed by atoms with van der Waals surface area (Å²) in [7, 11) is 2.02. The fraction of sp³-hybridized carbons (Fsp3) is 0.545. The van der Waals surface area contributed by atoms with Crippen LogP contribution in [0.25, 0.3) is 0 Å². The number of aliphatic hydroxyl groups is 1. The van der Waals surface area contributed by atoms with E-state index in [1.165, 1.54) is 5.56 Å². The first-order chi connectivity index (χ1) is 13.6. The Morgan fingerprint density at radius 2 is 1.93 bits per heavy atom. The minimum atomic E-state index is -0.506. The van der Waals surface area contributed by atoms with E-state index in [1.807, 2.05) is 18.0 Å². The van der Waals surface area contributed by atoms with Crippen LogP contribution >= 0.6 is 0 Å². The molecule has 6 nitrogen and oxygen atoms in total. The second kappa shape index (κ2) is 8.45. The molecule has 0 spiro atoms. The maximum absolute atomic E-state index is 12.9. The van der Waals surface area contributed by atoms with Gasteiger partial charge in [0.2, 0.25) is 5.91 Å². The highest BCUT2D eigenvalue weighted by atomic mass is 16.3. The summed E-state index contributed by atoms with van der Waals surface area (Å²) in [5.41, 5.74) is 3.51. The molecule has 1 amide bonds. The summed E-state index contributed by atoms with van der Waals surface area (Å²) in [6, 6.07) is 12.6. The number of aromatic nitrogens is 2. The average molecular weight is 383 g/mol. The Hall–Kier alpha value is -2.18. The molecule has 1 aromatic carbocycles. The van der Waals surface area contributed by atoms with Crippen molar-refractivity contribution in [1.82, 2.24) is 20.0 Å². The fourth-order valence-corrected chi connectivity index (χ4v) is 4.47. The number of aliphatic hydroxyl groups excluding tert-OH is 1. The number of amides is 1. The van der Waals surface area contributed by atoms with Crippen LogP contribution in [0.2, 0.25) is 0 Å². The first kappa shape index (κ1) is 19.2. The van der Waals surface area contributed by atoms with E-state index in [4.69, 9.17) is 0 Å². The molecule has 6 heteroatoms. The minimum absolute atomic E-state index is 0.115. The number of H-pyrrole nitrogens is 1. The Labute approximate surface area is 166 Å². The molecule has 0 radical (unpaired) electrons. The Morgan fingerprint density at radius 1 is 1.18 bits per heavy atom. The van der Waals surface area contributed by atoms with Crippen LogP contribution in [0, 0.1) is 5.92 Å². The Kier molecular flexibility index (Phi) is 5.78. The number of piperidine rings is 2. The SMILES string of the molecule is CN1CC[C@@H](O)[C@H](C(=O)N2CCC(c3cc(Cc4ccccc4)[nH]n3)CC2)C1. The van der Waals surface area contributed by atoms with Gasteiger partial charge in [-0.15, -0.1) is 0 Å². The summed E-state index contributed by atoms with van der Waals surface area (Å²) in [6.07, 6.45) is 2.90. The lowest BCUT2D eigenvalue weighted by atomic mass is 9.90. The molecule has 2 aromatic rings. The Bertz CT molecular complexity index is 783. The van der Waals surface area contributed by atoms with E-state index in [-0.39, 0.29) is 11.8 Å². The van der Waals surface area contributed by atoms with Crippen molar-refractivity contribution in [3.63, 3.8) is 0 Å². The van der Waals surface area contributed by atoms with Crippen LogP contribution in [0.4, 0.5) is 0 Å². The molecule has 2 aliphatic heterocycles. The van der Waals surface area contributed by atoms with Crippen molar-refractivity contribution >= 4 is 5.91 Å². The van der Waals surface area contributed by atoms with Crippen LogP contribution < -0.4 is 0 Å². The summed E-state index contributed by atoms with van der Waals surface area (Å²) in [4.78, 5) is 17.0. The monoisotopic (exact) mass is 382 g/mol. The molecule has 150 valence electrons. The van der Waals surface area contributed by atoms with Crippen LogP contribution in [0.5, 0.6) is 0 Å². The number of benzene rings is 1. The summed E-state index contributed by atoms with van der Waals surface area (Å²) < 4.78 is 0. The van der Waals surface area contributed by atoms with Crippen LogP contribution in [0.1, 0.15) is 42.1 Å². The van der Waals surface area contributed by atoms with E-state index in [0.29, 0.717) is 18.9 Å². The van der Waals surface area contributed by atoms with Gasteiger partial charge in [-0.25, -0.2) is 0 Å². The van der Waals surface area contributed by atoms with Gasteiger partial charge in [-0.2, -0.15) is 5.10 Å². The topological polar surface area (TPSA) is 72.5 Å². The van der Waals surface area contributed by atoms with Gasteiger partial charge in [0, 0.05) is 44.2 Å². The number of nitrogens with one attached hydrogen (secondary N) is 1. The highest BCUT2D eigenvalue weighted by Crippen LogP contribution is 2.29. The van der Waals surface area contributed by atoms with E-state index in [1.54, 1.807) is 0 Å². The van der Waals surface area contributed by atoms with Crippen molar-refractivity contribution in [2.24, 2.45) is 5.92 Å². The summed E-state index contributed by atoms with van der Waals surface area (Å²) in [5, 5.41) is 18.0. The smallest absolute Gasteiger partial charge is 0.229 e. The fourth-order valence-electron chi connectivity index (χ4n) is 4.47. The van der Waals surface area contributed by atoms with E-state index in [0.717, 1.165) is 50.3 Å². The number of nitrogens with zero attached hydrogens (tertiary/aromatic N) is 3. The van der Waals surface area contributed by atoms with Crippen molar-refractivity contribution in [3.8, 4) is 0 Å². The molecule has 2 fully saturated rings. The molecule has 3 heterocycles. The number of carbonyl (C=O) groups excluding carboxylic acids is 1. The summed E-state index contributed by atoms with van der Waals surface area (Å²) in [5.74, 6) is 0.228. The number of likely N-dealkylation sites (tertiary alicyclic amines) is 2. The molecule has 1 aromatic heterocycles. The third-order valence-electron chi connectivity index (χ3n) is 6.21. The quantitative estimate of drug-likeness (QED) is 0.849. The van der Waals surface area contributed by atoms with Crippen molar-refractivity contribution in [3.05, 3.63) is 53.3 Å². The Morgan fingerprint density at radius 3 is 2.68 bits per heavy atom. The second-order valence-electron chi connectivity index (χ2n) is 8.30. The third kappa shape index (κ3) is 4.28. The van der Waals surface area contributed by atoms with Gasteiger partial charge in [-0.05, 0) is 37.9 Å². The number of hydrogen-bond donors (Lipinski definition) is 2. The van der Waals surface area contributed by atoms with Gasteiger partial charge >= 0.3 is 0 Å². The van der Waals surface area contributed by atoms with Gasteiger partial charge < -0.3 is 14.9 Å². The molecule has 2 N–H and O–H groups in total. The van der Waals surface area contributed by atoms with Gasteiger partial charge in [-0.3, -0.25) is 9.89 Å². The molecular weight excluding hydrogens is 352 g/mol. The predicted octanol–water partition coefficient (Wildman–Crippen LogP) is 2.02. The predicted molar refractivity (Wildman–Crippen MR) is 108 cm³/mol. The first-order valence-electron chi connectivity index (χ1n) is 10.3. The number of carbonyl (C=O) groups is 1. The number of hydrogen-bond acceptors (Lipinski definition) is 4. The number of aromatic amines is 1. The zero-order chi connectivity index (χ0) is 19.5. The standard InChI is InChI=1S/C22H30N4O2/c1-25-10-9-21(27)19(15-25)22(28)26-11-7-17(8-12-26)20-14-18(23-24-20)13-16-5-3-2-4-6-16/h2-6,14,17,19,21,27H,7-13,15H2,1H3,(H,23,24)/t19-,21-/m1/s1. The minimum Gasteiger partial charge on any atom is -0.392 e. The Balaban J connectivity index is 1.32. The van der Waals surface area contributed by atoms with Crippen LogP contribution in [0.15, 0.2) is 36.4 Å². The zero-order valence-corrected chi connectivity index (χ0v) is 16.6. The molecule has 28 heavy (non-hydrogen) atoms.